The van der Waals surface area contributed by atoms with Gasteiger partial charge in [0, 0.05) is 25.3 Å². The molecule has 276 valence electrons. The van der Waals surface area contributed by atoms with Crippen molar-refractivity contribution in [2.24, 2.45) is 17.8 Å². The smallest absolute Gasteiger partial charge is 0.307 e. The molecule has 0 heterocycles. The van der Waals surface area contributed by atoms with Gasteiger partial charge in [-0.05, 0) is 82.6 Å². The Morgan fingerprint density at radius 3 is 2.39 bits per heavy atom. The van der Waals surface area contributed by atoms with E-state index in [-0.39, 0.29) is 74.9 Å². The maximum absolute atomic E-state index is 12.8. The third-order valence-electron chi connectivity index (χ3n) is 8.42. The van der Waals surface area contributed by atoms with E-state index in [1.165, 1.54) is 0 Å². The van der Waals surface area contributed by atoms with Crippen LogP contribution >= 0.6 is 0 Å². The van der Waals surface area contributed by atoms with E-state index in [0.717, 1.165) is 12.0 Å². The van der Waals surface area contributed by atoms with Gasteiger partial charge in [-0.25, -0.2) is 0 Å². The lowest BCUT2D eigenvalue weighted by Gasteiger charge is -2.25. The highest BCUT2D eigenvalue weighted by Crippen LogP contribution is 2.39. The summed E-state index contributed by atoms with van der Waals surface area (Å²) in [5.74, 6) is -1.41. The monoisotopic (exact) mass is 692 g/mol. The summed E-state index contributed by atoms with van der Waals surface area (Å²) in [4.78, 5) is 51.3. The van der Waals surface area contributed by atoms with Crippen LogP contribution in [0.5, 0.6) is 0 Å². The van der Waals surface area contributed by atoms with Crippen LogP contribution in [0.3, 0.4) is 0 Å². The molecule has 1 amide bonds. The van der Waals surface area contributed by atoms with Crippen molar-refractivity contribution >= 4 is 17.8 Å². The fraction of sp³-hybridized carbons (Fsp3) is 0.694. The van der Waals surface area contributed by atoms with Crippen LogP contribution in [0.4, 0.5) is 0 Å². The van der Waals surface area contributed by atoms with Gasteiger partial charge in [0.1, 0.15) is 12.7 Å². The molecule has 0 bridgehead atoms. The second-order valence-corrected chi connectivity index (χ2v) is 13.1. The molecular formula is C36H56N2O11. The number of benzene rings is 1. The number of amides is 1. The van der Waals surface area contributed by atoms with Crippen molar-refractivity contribution in [3.8, 4) is 0 Å². The van der Waals surface area contributed by atoms with Crippen LogP contribution in [-0.4, -0.2) is 83.9 Å². The molecule has 0 radical (unpaired) electrons. The van der Waals surface area contributed by atoms with Gasteiger partial charge in [-0.1, -0.05) is 49.4 Å². The van der Waals surface area contributed by atoms with Gasteiger partial charge in [-0.2, -0.15) is 0 Å². The highest BCUT2D eigenvalue weighted by Gasteiger charge is 2.40. The zero-order chi connectivity index (χ0) is 36.0. The number of allylic oxidation sites excluding steroid dienone is 2. The van der Waals surface area contributed by atoms with Crippen molar-refractivity contribution in [1.82, 2.24) is 5.32 Å². The van der Waals surface area contributed by atoms with E-state index in [4.69, 9.17) is 14.2 Å². The van der Waals surface area contributed by atoms with Crippen molar-refractivity contribution in [3.05, 3.63) is 58.2 Å². The number of hydrogen-bond acceptors (Lipinski definition) is 11. The maximum Gasteiger partial charge on any atom is 0.307 e. The number of aryl methyl sites for hydroxylation is 1. The summed E-state index contributed by atoms with van der Waals surface area (Å²) in [6.45, 7) is 5.74. The number of nitrogens with zero attached hydrogens (tertiary/aromatic N) is 1. The summed E-state index contributed by atoms with van der Waals surface area (Å²) in [6.07, 6.45) is 7.36. The predicted molar refractivity (Wildman–Crippen MR) is 181 cm³/mol. The van der Waals surface area contributed by atoms with Gasteiger partial charge in [0.15, 0.2) is 0 Å². The number of carbonyl (C=O) groups is 3. The molecule has 1 fully saturated rings. The molecule has 1 aromatic carbocycles. The Balaban J connectivity index is 1.82. The number of aliphatic hydroxyl groups excluding tert-OH is 2. The number of unbranched alkanes of at least 4 members (excludes halogenated alkanes) is 1. The number of rotatable bonds is 25. The minimum Gasteiger partial charge on any atom is -0.463 e. The SMILES string of the molecule is CC(COCCC(=O)NCCC(=O)O[C@@H](CCc1ccccc1)CC[C@@H]1[C@@H](C/C=C\CCCC(=O)OC(C)C)[C@@H](O)C[C@H]1O)CO[N+](=O)[O-]. The molecule has 0 aromatic heterocycles. The van der Waals surface area contributed by atoms with Gasteiger partial charge in [0.05, 0.1) is 37.9 Å². The molecule has 49 heavy (non-hydrogen) atoms. The number of esters is 2. The number of ether oxygens (including phenoxy) is 3. The molecule has 0 spiro atoms. The molecule has 6 atom stereocenters. The number of hydrogen-bond donors (Lipinski definition) is 3. The van der Waals surface area contributed by atoms with Crippen molar-refractivity contribution in [3.63, 3.8) is 0 Å². The molecular weight excluding hydrogens is 636 g/mol. The molecule has 0 aliphatic heterocycles. The minimum atomic E-state index is -0.859. The fourth-order valence-electron chi connectivity index (χ4n) is 5.90. The first-order valence-electron chi connectivity index (χ1n) is 17.5. The highest BCUT2D eigenvalue weighted by atomic mass is 16.9. The Bertz CT molecular complexity index is 1150. The molecule has 1 unspecified atom stereocenters. The van der Waals surface area contributed by atoms with Crippen LogP contribution in [0.2, 0.25) is 0 Å². The maximum atomic E-state index is 12.8. The van der Waals surface area contributed by atoms with Gasteiger partial charge < -0.3 is 34.6 Å². The zero-order valence-corrected chi connectivity index (χ0v) is 29.2. The standard InChI is InChI=1S/C36H56N2O11/c1-26(2)48-35(42)14-10-5-4-9-13-30-31(33(40)23-32(30)39)18-17-29(16-15-28-11-7-6-8-12-28)49-36(43)19-21-37-34(41)20-22-46-24-27(3)25-47-38(44)45/h4,6-9,11-12,26-27,29-33,39-40H,5,10,13-25H2,1-3H3,(H,37,41)/b9-4-/t27?,29-,30+,31+,32-,33+/m0/s1. The van der Waals surface area contributed by atoms with E-state index in [2.05, 4.69) is 10.2 Å². The lowest BCUT2D eigenvalue weighted by molar-refractivity contribution is -0.759. The van der Waals surface area contributed by atoms with Gasteiger partial charge in [-0.15, -0.1) is 10.1 Å². The van der Waals surface area contributed by atoms with E-state index >= 15 is 0 Å². The molecule has 13 nitrogen and oxygen atoms in total. The summed E-state index contributed by atoms with van der Waals surface area (Å²) in [7, 11) is 0. The average molecular weight is 693 g/mol. The fourth-order valence-corrected chi connectivity index (χ4v) is 5.90. The van der Waals surface area contributed by atoms with Crippen LogP contribution in [0.25, 0.3) is 0 Å². The third kappa shape index (κ3) is 18.7. The largest absolute Gasteiger partial charge is 0.463 e. The van der Waals surface area contributed by atoms with E-state index < -0.39 is 29.4 Å². The molecule has 1 aromatic rings. The topological polar surface area (TPSA) is 184 Å². The Labute approximate surface area is 289 Å². The predicted octanol–water partition coefficient (Wildman–Crippen LogP) is 4.49. The minimum absolute atomic E-state index is 0.00290. The van der Waals surface area contributed by atoms with Crippen molar-refractivity contribution in [1.29, 1.82) is 0 Å². The molecule has 0 saturated heterocycles. The number of carbonyl (C=O) groups excluding carboxylic acids is 3. The molecule has 1 aliphatic rings. The third-order valence-corrected chi connectivity index (χ3v) is 8.42. The van der Waals surface area contributed by atoms with Crippen molar-refractivity contribution in [2.75, 3.05) is 26.4 Å². The Hall–Kier alpha value is -3.55. The first kappa shape index (κ1) is 41.6. The molecule has 3 N–H and O–H groups in total. The highest BCUT2D eigenvalue weighted by molar-refractivity contribution is 5.77. The summed E-state index contributed by atoms with van der Waals surface area (Å²) in [6, 6.07) is 9.90. The average Bonchev–Trinajstić information content (AvgIpc) is 3.32. The van der Waals surface area contributed by atoms with E-state index in [9.17, 15) is 34.7 Å². The molecule has 1 saturated carbocycles. The zero-order valence-electron chi connectivity index (χ0n) is 29.2. The second kappa shape index (κ2) is 23.7. The summed E-state index contributed by atoms with van der Waals surface area (Å²) >= 11 is 0. The second-order valence-electron chi connectivity index (χ2n) is 13.1. The van der Waals surface area contributed by atoms with E-state index in [1.54, 1.807) is 6.92 Å². The summed E-state index contributed by atoms with van der Waals surface area (Å²) in [5, 5.41) is 33.6. The molecule has 1 aliphatic carbocycles. The lowest BCUT2D eigenvalue weighted by atomic mass is 9.85. The van der Waals surface area contributed by atoms with Gasteiger partial charge in [-0.3, -0.25) is 14.4 Å². The van der Waals surface area contributed by atoms with Crippen LogP contribution in [0.15, 0.2) is 42.5 Å². The first-order valence-corrected chi connectivity index (χ1v) is 17.5. The van der Waals surface area contributed by atoms with Crippen LogP contribution in [0, 0.1) is 27.9 Å². The van der Waals surface area contributed by atoms with Gasteiger partial charge in [0.25, 0.3) is 5.09 Å². The lowest BCUT2D eigenvalue weighted by Crippen LogP contribution is -2.29. The van der Waals surface area contributed by atoms with Crippen LogP contribution in [0.1, 0.15) is 90.5 Å². The van der Waals surface area contributed by atoms with Crippen LogP contribution in [-0.2, 0) is 39.9 Å². The Kier molecular flexibility index (Phi) is 20.2. The molecule has 13 heteroatoms. The quantitative estimate of drug-likeness (QED) is 0.0431. The van der Waals surface area contributed by atoms with Gasteiger partial charge >= 0.3 is 11.9 Å². The van der Waals surface area contributed by atoms with Crippen LogP contribution < -0.4 is 5.32 Å². The Morgan fingerprint density at radius 2 is 1.67 bits per heavy atom. The summed E-state index contributed by atoms with van der Waals surface area (Å²) in [5.41, 5.74) is 1.12. The van der Waals surface area contributed by atoms with Crippen molar-refractivity contribution < 1.29 is 48.7 Å². The Morgan fingerprint density at radius 1 is 0.959 bits per heavy atom. The number of aliphatic hydroxyl groups is 2. The van der Waals surface area contributed by atoms with E-state index in [1.807, 2.05) is 56.3 Å². The number of nitrogens with one attached hydrogen (secondary N) is 1. The van der Waals surface area contributed by atoms with Crippen molar-refractivity contribution in [2.45, 2.75) is 116 Å². The summed E-state index contributed by atoms with van der Waals surface area (Å²) < 4.78 is 16.4. The first-order chi connectivity index (χ1) is 23.4. The molecule has 2 rings (SSSR count). The van der Waals surface area contributed by atoms with Gasteiger partial charge in [0.2, 0.25) is 5.91 Å². The normalized spacial score (nSPS) is 20.2. The van der Waals surface area contributed by atoms with E-state index in [0.29, 0.717) is 51.4 Å².